The Bertz CT molecular complexity index is 836. The fourth-order valence-corrected chi connectivity index (χ4v) is 3.25. The van der Waals surface area contributed by atoms with Crippen molar-refractivity contribution >= 4 is 22.5 Å². The molecule has 0 unspecified atom stereocenters. The molecule has 3 aromatic carbocycles. The first-order chi connectivity index (χ1) is 10.3. The summed E-state index contributed by atoms with van der Waals surface area (Å²) in [4.78, 5) is 2.25. The van der Waals surface area contributed by atoms with Gasteiger partial charge in [-0.3, -0.25) is 0 Å². The summed E-state index contributed by atoms with van der Waals surface area (Å²) in [6.07, 6.45) is 0. The summed E-state index contributed by atoms with van der Waals surface area (Å²) in [5, 5.41) is 11.3. The monoisotopic (exact) mass is 291 g/mol. The van der Waals surface area contributed by atoms with Crippen molar-refractivity contribution in [2.24, 2.45) is 0 Å². The summed E-state index contributed by atoms with van der Waals surface area (Å²) in [6, 6.07) is 22.1. The Kier molecular flexibility index (Phi) is 3.81. The van der Waals surface area contributed by atoms with Crippen LogP contribution < -0.4 is 4.74 Å². The fraction of sp³-hybridized carbons (Fsp3) is 0.0556. The lowest BCUT2D eigenvalue weighted by Crippen LogP contribution is -1.84. The van der Waals surface area contributed by atoms with Gasteiger partial charge in [-0.05, 0) is 35.7 Å². The number of methoxy groups -OCH3 is 1. The molecule has 0 atom stereocenters. The molecule has 3 heteroatoms. The number of rotatable bonds is 3. The molecule has 3 rings (SSSR count). The summed E-state index contributed by atoms with van der Waals surface area (Å²) in [5.74, 6) is 0.845. The quantitative estimate of drug-likeness (QED) is 0.690. The van der Waals surface area contributed by atoms with Crippen LogP contribution in [-0.4, -0.2) is 7.11 Å². The van der Waals surface area contributed by atoms with Crippen molar-refractivity contribution < 1.29 is 4.74 Å². The second-order valence-electron chi connectivity index (χ2n) is 4.55. The predicted octanol–water partition coefficient (Wildman–Crippen LogP) is 4.87. The topological polar surface area (TPSA) is 33.0 Å². The summed E-state index contributed by atoms with van der Waals surface area (Å²) in [5.41, 5.74) is 0.709. The maximum Gasteiger partial charge on any atom is 0.119 e. The Morgan fingerprint density at radius 3 is 2.52 bits per heavy atom. The van der Waals surface area contributed by atoms with Crippen LogP contribution in [0.1, 0.15) is 5.56 Å². The first-order valence-corrected chi connectivity index (χ1v) is 7.37. The highest BCUT2D eigenvalue weighted by molar-refractivity contribution is 7.99. The molecule has 0 aliphatic carbocycles. The lowest BCUT2D eigenvalue weighted by Gasteiger charge is -2.08. The van der Waals surface area contributed by atoms with Crippen LogP contribution in [0.5, 0.6) is 5.75 Å². The van der Waals surface area contributed by atoms with E-state index in [4.69, 9.17) is 4.74 Å². The summed E-state index contributed by atoms with van der Waals surface area (Å²) in [6.45, 7) is 0. The summed E-state index contributed by atoms with van der Waals surface area (Å²) >= 11 is 1.68. The van der Waals surface area contributed by atoms with E-state index < -0.39 is 0 Å². The van der Waals surface area contributed by atoms with Crippen molar-refractivity contribution in [1.29, 1.82) is 5.26 Å². The van der Waals surface area contributed by atoms with Crippen molar-refractivity contribution in [3.63, 3.8) is 0 Å². The average molecular weight is 291 g/mol. The molecule has 21 heavy (non-hydrogen) atoms. The van der Waals surface area contributed by atoms with Gasteiger partial charge in [-0.1, -0.05) is 42.1 Å². The highest BCUT2D eigenvalue weighted by Gasteiger charge is 2.07. The summed E-state index contributed by atoms with van der Waals surface area (Å²) in [7, 11) is 1.67. The van der Waals surface area contributed by atoms with E-state index in [0.717, 1.165) is 26.3 Å². The molecule has 0 saturated heterocycles. The van der Waals surface area contributed by atoms with Gasteiger partial charge in [0.05, 0.1) is 18.7 Å². The molecule has 0 N–H and O–H groups in total. The zero-order valence-electron chi connectivity index (χ0n) is 11.5. The van der Waals surface area contributed by atoms with Gasteiger partial charge in [0.25, 0.3) is 0 Å². The van der Waals surface area contributed by atoms with Crippen LogP contribution in [0.4, 0.5) is 0 Å². The Balaban J connectivity index is 2.07. The molecule has 0 radical (unpaired) electrons. The van der Waals surface area contributed by atoms with E-state index in [0.29, 0.717) is 5.56 Å². The standard InChI is InChI=1S/C18H13NOS/c1-20-14-5-4-6-15(11-14)21-18-10-9-13(12-19)16-7-2-3-8-17(16)18/h2-11H,1H3. The molecule has 0 heterocycles. The highest BCUT2D eigenvalue weighted by Crippen LogP contribution is 2.35. The normalized spacial score (nSPS) is 10.3. The van der Waals surface area contributed by atoms with Gasteiger partial charge in [-0.2, -0.15) is 5.26 Å². The number of ether oxygens (including phenoxy) is 1. The lowest BCUT2D eigenvalue weighted by atomic mass is 10.1. The van der Waals surface area contributed by atoms with Crippen LogP contribution in [0.3, 0.4) is 0 Å². The average Bonchev–Trinajstić information content (AvgIpc) is 2.55. The highest BCUT2D eigenvalue weighted by atomic mass is 32.2. The number of hydrogen-bond donors (Lipinski definition) is 0. The van der Waals surface area contributed by atoms with Crippen molar-refractivity contribution in [2.75, 3.05) is 7.11 Å². The van der Waals surface area contributed by atoms with E-state index in [9.17, 15) is 5.26 Å². The number of fused-ring (bicyclic) bond motifs is 1. The minimum absolute atomic E-state index is 0.709. The fourth-order valence-electron chi connectivity index (χ4n) is 2.25. The van der Waals surface area contributed by atoms with Gasteiger partial charge in [0.2, 0.25) is 0 Å². The van der Waals surface area contributed by atoms with Crippen molar-refractivity contribution in [1.82, 2.24) is 0 Å². The molecule has 102 valence electrons. The van der Waals surface area contributed by atoms with Gasteiger partial charge in [0, 0.05) is 15.2 Å². The molecule has 0 aliphatic rings. The first kappa shape index (κ1) is 13.5. The summed E-state index contributed by atoms with van der Waals surface area (Å²) < 4.78 is 5.26. The molecular formula is C18H13NOS. The van der Waals surface area contributed by atoms with Gasteiger partial charge >= 0.3 is 0 Å². The maximum absolute atomic E-state index is 9.21. The van der Waals surface area contributed by atoms with Gasteiger partial charge in [-0.15, -0.1) is 0 Å². The molecule has 0 spiro atoms. The number of hydrogen-bond acceptors (Lipinski definition) is 3. The number of nitrogens with zero attached hydrogens (tertiary/aromatic N) is 1. The Morgan fingerprint density at radius 2 is 1.76 bits per heavy atom. The van der Waals surface area contributed by atoms with Gasteiger partial charge in [0.15, 0.2) is 0 Å². The van der Waals surface area contributed by atoms with Gasteiger partial charge in [0.1, 0.15) is 5.75 Å². The molecule has 0 bridgehead atoms. The van der Waals surface area contributed by atoms with E-state index >= 15 is 0 Å². The zero-order valence-corrected chi connectivity index (χ0v) is 12.4. The second kappa shape index (κ2) is 5.90. The van der Waals surface area contributed by atoms with Gasteiger partial charge in [-0.25, -0.2) is 0 Å². The molecule has 0 aliphatic heterocycles. The smallest absolute Gasteiger partial charge is 0.119 e. The van der Waals surface area contributed by atoms with E-state index in [1.807, 2.05) is 48.5 Å². The van der Waals surface area contributed by atoms with Crippen LogP contribution in [0.2, 0.25) is 0 Å². The molecule has 2 nitrogen and oxygen atoms in total. The van der Waals surface area contributed by atoms with Crippen LogP contribution in [0.15, 0.2) is 70.5 Å². The van der Waals surface area contributed by atoms with E-state index in [1.54, 1.807) is 18.9 Å². The third-order valence-corrected chi connectivity index (χ3v) is 4.34. The third-order valence-electron chi connectivity index (χ3n) is 3.27. The van der Waals surface area contributed by atoms with E-state index in [-0.39, 0.29) is 0 Å². The Morgan fingerprint density at radius 1 is 0.952 bits per heavy atom. The molecule has 0 aromatic heterocycles. The van der Waals surface area contributed by atoms with Crippen LogP contribution in [-0.2, 0) is 0 Å². The third kappa shape index (κ3) is 2.72. The molecule has 0 amide bonds. The second-order valence-corrected chi connectivity index (χ2v) is 5.67. The Labute approximate surface area is 128 Å². The maximum atomic E-state index is 9.21. The molecule has 3 aromatic rings. The van der Waals surface area contributed by atoms with Crippen molar-refractivity contribution in [2.45, 2.75) is 9.79 Å². The minimum atomic E-state index is 0.709. The van der Waals surface area contributed by atoms with E-state index in [2.05, 4.69) is 18.2 Å². The van der Waals surface area contributed by atoms with Crippen molar-refractivity contribution in [3.05, 3.63) is 66.2 Å². The van der Waals surface area contributed by atoms with E-state index in [1.165, 1.54) is 0 Å². The first-order valence-electron chi connectivity index (χ1n) is 6.55. The zero-order chi connectivity index (χ0) is 14.7. The predicted molar refractivity (Wildman–Crippen MR) is 85.8 cm³/mol. The lowest BCUT2D eigenvalue weighted by molar-refractivity contribution is 0.413. The minimum Gasteiger partial charge on any atom is -0.497 e. The number of nitriles is 1. The van der Waals surface area contributed by atoms with Crippen LogP contribution in [0.25, 0.3) is 10.8 Å². The Hall–Kier alpha value is -2.44. The van der Waals surface area contributed by atoms with Crippen LogP contribution >= 0.6 is 11.8 Å². The van der Waals surface area contributed by atoms with Crippen LogP contribution in [0, 0.1) is 11.3 Å². The van der Waals surface area contributed by atoms with Crippen molar-refractivity contribution in [3.8, 4) is 11.8 Å². The molecule has 0 saturated carbocycles. The molecule has 0 fully saturated rings. The molecular weight excluding hydrogens is 278 g/mol. The largest absolute Gasteiger partial charge is 0.497 e. The SMILES string of the molecule is COc1cccc(Sc2ccc(C#N)c3ccccc23)c1. The number of benzene rings is 3. The van der Waals surface area contributed by atoms with Gasteiger partial charge < -0.3 is 4.74 Å².